The lowest BCUT2D eigenvalue weighted by atomic mass is 9.89. The second-order valence-electron chi connectivity index (χ2n) is 16.7. The predicted molar refractivity (Wildman–Crippen MR) is 228 cm³/mol. The van der Waals surface area contributed by atoms with E-state index in [1.807, 2.05) is 35.2 Å². The molecule has 3 aromatic carbocycles. The van der Waals surface area contributed by atoms with Gasteiger partial charge in [0.25, 0.3) is 11.8 Å². The molecule has 3 amide bonds. The van der Waals surface area contributed by atoms with E-state index in [2.05, 4.69) is 54.9 Å². The lowest BCUT2D eigenvalue weighted by Crippen LogP contribution is -2.58. The maximum absolute atomic E-state index is 13.6. The molecule has 0 radical (unpaired) electrons. The molecule has 2 saturated heterocycles. The summed E-state index contributed by atoms with van der Waals surface area (Å²) in [5.41, 5.74) is 4.76. The molecule has 320 valence electrons. The molecule has 3 aliphatic heterocycles. The third-order valence-corrected chi connectivity index (χ3v) is 12.6. The Kier molecular flexibility index (Phi) is 13.6. The lowest BCUT2D eigenvalue weighted by Gasteiger charge is -2.47. The number of phenolic OH excluding ortho intramolecular Hbond substituents is 1. The van der Waals surface area contributed by atoms with Gasteiger partial charge in [0.1, 0.15) is 11.4 Å². The van der Waals surface area contributed by atoms with Crippen LogP contribution in [0.2, 0.25) is 0 Å². The van der Waals surface area contributed by atoms with E-state index in [0.29, 0.717) is 82.5 Å². The van der Waals surface area contributed by atoms with Crippen molar-refractivity contribution in [1.29, 1.82) is 0 Å². The maximum atomic E-state index is 13.6. The normalized spacial score (nSPS) is 18.3. The number of phenols is 1. The fourth-order valence-electron chi connectivity index (χ4n) is 9.31. The third kappa shape index (κ3) is 10.1. The van der Waals surface area contributed by atoms with Gasteiger partial charge in [-0.2, -0.15) is 5.10 Å². The van der Waals surface area contributed by atoms with E-state index in [-0.39, 0.29) is 41.7 Å². The number of ether oxygens (including phenoxy) is 3. The molecule has 60 heavy (non-hydrogen) atoms. The summed E-state index contributed by atoms with van der Waals surface area (Å²) in [5.74, 6) is 0.346. The molecule has 0 unspecified atom stereocenters. The zero-order valence-electron chi connectivity index (χ0n) is 34.6. The Morgan fingerprint density at radius 3 is 2.67 bits per heavy atom. The van der Waals surface area contributed by atoms with Crippen molar-refractivity contribution in [3.63, 3.8) is 0 Å². The fraction of sp³-hybridized carbons (Fsp3) is 0.522. The number of carbonyl (C=O) groups is 3. The molecule has 14 nitrogen and oxygen atoms in total. The standard InChI is InChI=1S/C46H59N7O7/c54-39-14-13-35(44-43(39)48-40(55)31-59-44)15-20-47-21-24-53(36-9-2-1-3-10-36)41(56)17-27-58-26-16-33-7-6-8-34(29-33)30-51-22-18-46(19-23-51)32-52(25-28-60-46)45(57)42-37-11-4-5-12-38(37)49-50-42/h4-8,11-14,29,36,47,54H,1-3,9-10,15-28,30-32H2,(H,48,55)(H,49,50). The molecule has 4 aromatic rings. The largest absolute Gasteiger partial charge is 0.506 e. The van der Waals surface area contributed by atoms with Crippen LogP contribution in [0.25, 0.3) is 10.9 Å². The molecular weight excluding hydrogens is 763 g/mol. The molecule has 4 heterocycles. The Balaban J connectivity index is 0.747. The van der Waals surface area contributed by atoms with Gasteiger partial charge in [-0.3, -0.25) is 24.4 Å². The van der Waals surface area contributed by atoms with Gasteiger partial charge >= 0.3 is 0 Å². The highest BCUT2D eigenvalue weighted by molar-refractivity contribution is 6.04. The summed E-state index contributed by atoms with van der Waals surface area (Å²) in [7, 11) is 0. The van der Waals surface area contributed by atoms with Crippen LogP contribution in [-0.2, 0) is 38.4 Å². The first kappa shape index (κ1) is 41.7. The number of anilines is 1. The number of para-hydroxylation sites is 1. The number of benzene rings is 3. The second-order valence-corrected chi connectivity index (χ2v) is 16.7. The van der Waals surface area contributed by atoms with Gasteiger partial charge in [-0.25, -0.2) is 0 Å². The summed E-state index contributed by atoms with van der Waals surface area (Å²) in [5, 5.41) is 24.5. The summed E-state index contributed by atoms with van der Waals surface area (Å²) in [6.45, 7) is 7.25. The number of likely N-dealkylation sites (tertiary alicyclic amines) is 1. The van der Waals surface area contributed by atoms with Crippen LogP contribution >= 0.6 is 0 Å². The SMILES string of the molecule is O=C1COc2c(CCNCCN(C(=O)CCOCCc3cccc(CN4CCC5(CC4)CN(C(=O)c4n[nH]c6ccccc46)CCO5)c3)C3CCCCC3)ccc(O)c2N1. The van der Waals surface area contributed by atoms with Gasteiger partial charge in [0, 0.05) is 50.7 Å². The second kappa shape index (κ2) is 19.6. The number of H-pyrrole nitrogens is 1. The van der Waals surface area contributed by atoms with E-state index in [4.69, 9.17) is 14.2 Å². The van der Waals surface area contributed by atoms with Crippen molar-refractivity contribution < 1.29 is 33.7 Å². The van der Waals surface area contributed by atoms with Crippen molar-refractivity contribution in [2.75, 3.05) is 77.6 Å². The van der Waals surface area contributed by atoms with Crippen molar-refractivity contribution in [2.24, 2.45) is 0 Å². The van der Waals surface area contributed by atoms with Gasteiger partial charge in [0.05, 0.1) is 43.9 Å². The minimum absolute atomic E-state index is 0.00572. The van der Waals surface area contributed by atoms with Crippen molar-refractivity contribution in [1.82, 2.24) is 30.2 Å². The zero-order valence-corrected chi connectivity index (χ0v) is 34.6. The van der Waals surface area contributed by atoms with Gasteiger partial charge in [0.2, 0.25) is 5.91 Å². The number of fused-ring (bicyclic) bond motifs is 2. The van der Waals surface area contributed by atoms with Crippen molar-refractivity contribution in [2.45, 2.75) is 82.4 Å². The minimum atomic E-state index is -0.323. The smallest absolute Gasteiger partial charge is 0.275 e. The number of morpholine rings is 1. The van der Waals surface area contributed by atoms with Crippen molar-refractivity contribution in [3.8, 4) is 11.5 Å². The number of aromatic hydroxyl groups is 1. The number of rotatable bonds is 16. The van der Waals surface area contributed by atoms with Gasteiger partial charge in [-0.05, 0) is 73.9 Å². The summed E-state index contributed by atoms with van der Waals surface area (Å²) in [6.07, 6.45) is 9.18. The molecule has 8 rings (SSSR count). The average molecular weight is 822 g/mol. The van der Waals surface area contributed by atoms with E-state index in [9.17, 15) is 19.5 Å². The first-order valence-corrected chi connectivity index (χ1v) is 21.9. The van der Waals surface area contributed by atoms with Crippen LogP contribution in [-0.4, -0.2) is 132 Å². The van der Waals surface area contributed by atoms with Crippen LogP contribution in [0.15, 0.2) is 60.7 Å². The fourth-order valence-corrected chi connectivity index (χ4v) is 9.31. The third-order valence-electron chi connectivity index (χ3n) is 12.6. The van der Waals surface area contributed by atoms with Crippen molar-refractivity contribution >= 4 is 34.3 Å². The molecule has 1 spiro atoms. The van der Waals surface area contributed by atoms with Gasteiger partial charge in [0.15, 0.2) is 18.1 Å². The van der Waals surface area contributed by atoms with Crippen LogP contribution in [0.3, 0.4) is 0 Å². The van der Waals surface area contributed by atoms with Gasteiger partial charge in [-0.1, -0.05) is 67.8 Å². The Bertz CT molecular complexity index is 2110. The van der Waals surface area contributed by atoms with Crippen LogP contribution < -0.4 is 15.4 Å². The molecular formula is C46H59N7O7. The molecule has 0 bridgehead atoms. The highest BCUT2D eigenvalue weighted by atomic mass is 16.5. The zero-order chi connectivity index (χ0) is 41.3. The topological polar surface area (TPSA) is 162 Å². The Labute approximate surface area is 351 Å². The van der Waals surface area contributed by atoms with E-state index in [1.165, 1.54) is 17.5 Å². The first-order chi connectivity index (χ1) is 29.3. The number of hydrogen-bond acceptors (Lipinski definition) is 10. The molecule has 1 saturated carbocycles. The number of carbonyl (C=O) groups excluding carboxylic acids is 3. The molecule has 0 atom stereocenters. The van der Waals surface area contributed by atoms with Crippen molar-refractivity contribution in [3.05, 3.63) is 83.0 Å². The number of aromatic nitrogens is 2. The highest BCUT2D eigenvalue weighted by Crippen LogP contribution is 2.39. The van der Waals surface area contributed by atoms with Crippen LogP contribution in [0.5, 0.6) is 11.5 Å². The molecule has 4 aliphatic rings. The first-order valence-electron chi connectivity index (χ1n) is 21.9. The summed E-state index contributed by atoms with van der Waals surface area (Å²) < 4.78 is 18.1. The predicted octanol–water partition coefficient (Wildman–Crippen LogP) is 5.05. The number of amides is 3. The quantitative estimate of drug-likeness (QED) is 0.0890. The van der Waals surface area contributed by atoms with Gasteiger partial charge < -0.3 is 39.8 Å². The molecule has 3 fully saturated rings. The summed E-state index contributed by atoms with van der Waals surface area (Å²) in [4.78, 5) is 45.3. The molecule has 4 N–H and O–H groups in total. The number of aromatic amines is 1. The van der Waals surface area contributed by atoms with E-state index in [0.717, 1.165) is 81.0 Å². The minimum Gasteiger partial charge on any atom is -0.506 e. The molecule has 1 aromatic heterocycles. The Hall–Kier alpha value is -5.02. The number of nitrogens with one attached hydrogen (secondary N) is 3. The number of hydrogen-bond donors (Lipinski definition) is 4. The summed E-state index contributed by atoms with van der Waals surface area (Å²) >= 11 is 0. The lowest BCUT2D eigenvalue weighted by molar-refractivity contribution is -0.135. The van der Waals surface area contributed by atoms with E-state index >= 15 is 0 Å². The highest BCUT2D eigenvalue weighted by Gasteiger charge is 2.41. The molecule has 14 heteroatoms. The average Bonchev–Trinajstić information content (AvgIpc) is 3.71. The van der Waals surface area contributed by atoms with Gasteiger partial charge in [-0.15, -0.1) is 0 Å². The van der Waals surface area contributed by atoms with Crippen LogP contribution in [0.1, 0.15) is 78.5 Å². The van der Waals surface area contributed by atoms with Crippen LogP contribution in [0.4, 0.5) is 5.69 Å². The maximum Gasteiger partial charge on any atom is 0.275 e. The molecule has 1 aliphatic carbocycles. The number of piperidine rings is 1. The van der Waals surface area contributed by atoms with E-state index in [1.54, 1.807) is 6.07 Å². The Morgan fingerprint density at radius 2 is 1.80 bits per heavy atom. The van der Waals surface area contributed by atoms with E-state index < -0.39 is 0 Å². The van der Waals surface area contributed by atoms with Crippen LogP contribution in [0, 0.1) is 0 Å². The Morgan fingerprint density at radius 1 is 0.967 bits per heavy atom. The summed E-state index contributed by atoms with van der Waals surface area (Å²) in [6, 6.07) is 20.1. The number of nitrogens with zero attached hydrogens (tertiary/aromatic N) is 4. The monoisotopic (exact) mass is 821 g/mol.